The first kappa shape index (κ1) is 16.8. The Hall–Kier alpha value is -1.30. The number of halogens is 1. The van der Waals surface area contributed by atoms with E-state index in [1.54, 1.807) is 0 Å². The number of hydrogen-bond acceptors (Lipinski definition) is 3. The SMILES string of the molecule is Cc1cc(C)cc(NC(=O)NCC2(O)CCNC2)c1.Cl. The molecule has 1 aliphatic rings. The number of β-amino-alcohol motifs (C(OH)–C–C–N with tert-alkyl or cyclic N) is 1. The molecule has 1 unspecified atom stereocenters. The maximum Gasteiger partial charge on any atom is 0.319 e. The maximum absolute atomic E-state index is 11.8. The van der Waals surface area contributed by atoms with E-state index in [1.807, 2.05) is 26.0 Å². The fourth-order valence-corrected chi connectivity index (χ4v) is 2.35. The van der Waals surface area contributed by atoms with Gasteiger partial charge < -0.3 is 21.1 Å². The Kier molecular flexibility index (Phi) is 5.80. The first-order chi connectivity index (χ1) is 8.97. The lowest BCUT2D eigenvalue weighted by molar-refractivity contribution is 0.0640. The first-order valence-electron chi connectivity index (χ1n) is 6.53. The Balaban J connectivity index is 0.00000200. The molecule has 1 atom stereocenters. The van der Waals surface area contributed by atoms with E-state index in [0.717, 1.165) is 23.4 Å². The van der Waals surface area contributed by atoms with Gasteiger partial charge in [-0.15, -0.1) is 12.4 Å². The van der Waals surface area contributed by atoms with Gasteiger partial charge in [0.05, 0.1) is 5.60 Å². The summed E-state index contributed by atoms with van der Waals surface area (Å²) in [5.41, 5.74) is 2.16. The summed E-state index contributed by atoms with van der Waals surface area (Å²) in [6, 6.07) is 5.60. The molecule has 1 aromatic carbocycles. The van der Waals surface area contributed by atoms with Crippen molar-refractivity contribution in [2.24, 2.45) is 0 Å². The zero-order valence-electron chi connectivity index (χ0n) is 11.8. The zero-order chi connectivity index (χ0) is 13.9. The summed E-state index contributed by atoms with van der Waals surface area (Å²) in [5.74, 6) is 0. The third kappa shape index (κ3) is 4.67. The van der Waals surface area contributed by atoms with E-state index < -0.39 is 5.60 Å². The van der Waals surface area contributed by atoms with E-state index in [9.17, 15) is 9.90 Å². The number of anilines is 1. The van der Waals surface area contributed by atoms with E-state index in [1.165, 1.54) is 0 Å². The van der Waals surface area contributed by atoms with Gasteiger partial charge in [-0.1, -0.05) is 6.07 Å². The van der Waals surface area contributed by atoms with Crippen molar-refractivity contribution in [3.05, 3.63) is 29.3 Å². The summed E-state index contributed by atoms with van der Waals surface area (Å²) < 4.78 is 0. The van der Waals surface area contributed by atoms with E-state index in [4.69, 9.17) is 0 Å². The molecule has 0 radical (unpaired) electrons. The summed E-state index contributed by atoms with van der Waals surface area (Å²) in [4.78, 5) is 11.8. The average Bonchev–Trinajstić information content (AvgIpc) is 2.73. The van der Waals surface area contributed by atoms with Crippen LogP contribution in [-0.4, -0.2) is 36.4 Å². The summed E-state index contributed by atoms with van der Waals surface area (Å²) in [6.45, 7) is 5.55. The van der Waals surface area contributed by atoms with Crippen LogP contribution in [0.5, 0.6) is 0 Å². The lowest BCUT2D eigenvalue weighted by atomic mass is 10.0. The number of amides is 2. The number of aryl methyl sites for hydroxylation is 2. The number of nitrogens with one attached hydrogen (secondary N) is 3. The van der Waals surface area contributed by atoms with Crippen LogP contribution in [0.2, 0.25) is 0 Å². The smallest absolute Gasteiger partial charge is 0.319 e. The van der Waals surface area contributed by atoms with Gasteiger partial charge in [0, 0.05) is 18.8 Å². The third-order valence-corrected chi connectivity index (χ3v) is 3.28. The highest BCUT2D eigenvalue weighted by molar-refractivity contribution is 5.89. The van der Waals surface area contributed by atoms with E-state index in [2.05, 4.69) is 22.0 Å². The Morgan fingerprint density at radius 3 is 2.55 bits per heavy atom. The molecule has 0 bridgehead atoms. The molecule has 2 amide bonds. The van der Waals surface area contributed by atoms with Crippen LogP contribution in [0.1, 0.15) is 17.5 Å². The predicted molar refractivity (Wildman–Crippen MR) is 82.6 cm³/mol. The maximum atomic E-state index is 11.8. The van der Waals surface area contributed by atoms with Crippen LogP contribution in [0, 0.1) is 13.8 Å². The molecule has 1 aromatic rings. The number of carbonyl (C=O) groups excluding carboxylic acids is 1. The Bertz CT molecular complexity index is 453. The number of hydrogen-bond donors (Lipinski definition) is 4. The van der Waals surface area contributed by atoms with Gasteiger partial charge in [-0.2, -0.15) is 0 Å². The van der Waals surface area contributed by atoms with Crippen molar-refractivity contribution >= 4 is 24.1 Å². The topological polar surface area (TPSA) is 73.4 Å². The molecule has 0 aliphatic carbocycles. The molecule has 20 heavy (non-hydrogen) atoms. The van der Waals surface area contributed by atoms with E-state index >= 15 is 0 Å². The van der Waals surface area contributed by atoms with Gasteiger partial charge in [0.25, 0.3) is 0 Å². The Labute approximate surface area is 125 Å². The molecule has 6 heteroatoms. The van der Waals surface area contributed by atoms with Crippen molar-refractivity contribution in [2.75, 3.05) is 25.0 Å². The molecule has 0 spiro atoms. The molecule has 1 aliphatic heterocycles. The lowest BCUT2D eigenvalue weighted by Gasteiger charge is -2.21. The van der Waals surface area contributed by atoms with Gasteiger partial charge in [0.1, 0.15) is 0 Å². The minimum Gasteiger partial charge on any atom is -0.387 e. The Morgan fingerprint density at radius 1 is 1.35 bits per heavy atom. The van der Waals surface area contributed by atoms with Crippen molar-refractivity contribution < 1.29 is 9.90 Å². The van der Waals surface area contributed by atoms with Crippen LogP contribution in [-0.2, 0) is 0 Å². The van der Waals surface area contributed by atoms with Gasteiger partial charge in [0.2, 0.25) is 0 Å². The number of benzene rings is 1. The van der Waals surface area contributed by atoms with Crippen molar-refractivity contribution in [3.8, 4) is 0 Å². The molecule has 1 fully saturated rings. The van der Waals surface area contributed by atoms with Crippen molar-refractivity contribution in [2.45, 2.75) is 25.9 Å². The van der Waals surface area contributed by atoms with Crippen molar-refractivity contribution in [3.63, 3.8) is 0 Å². The van der Waals surface area contributed by atoms with Gasteiger partial charge in [-0.05, 0) is 50.1 Å². The van der Waals surface area contributed by atoms with Crippen LogP contribution in [0.15, 0.2) is 18.2 Å². The number of aliphatic hydroxyl groups is 1. The molecule has 112 valence electrons. The van der Waals surface area contributed by atoms with Crippen LogP contribution >= 0.6 is 12.4 Å². The minimum atomic E-state index is -0.820. The summed E-state index contributed by atoms with van der Waals surface area (Å²) >= 11 is 0. The van der Waals surface area contributed by atoms with Crippen LogP contribution < -0.4 is 16.0 Å². The van der Waals surface area contributed by atoms with Crippen LogP contribution in [0.25, 0.3) is 0 Å². The highest BCUT2D eigenvalue weighted by atomic mass is 35.5. The number of rotatable bonds is 3. The predicted octanol–water partition coefficient (Wildman–Crippen LogP) is 1.57. The van der Waals surface area contributed by atoms with Gasteiger partial charge >= 0.3 is 6.03 Å². The molecular weight excluding hydrogens is 278 g/mol. The second-order valence-electron chi connectivity index (χ2n) is 5.34. The normalized spacial score (nSPS) is 21.1. The van der Waals surface area contributed by atoms with Gasteiger partial charge in [0.15, 0.2) is 0 Å². The molecular formula is C14H22ClN3O2. The standard InChI is InChI=1S/C14H21N3O2.ClH/c1-10-5-11(2)7-12(6-10)17-13(18)16-9-14(19)3-4-15-8-14;/h5-7,15,19H,3-4,8-9H2,1-2H3,(H2,16,17,18);1H. The number of carbonyl (C=O) groups is 1. The number of urea groups is 1. The molecule has 2 rings (SSSR count). The highest BCUT2D eigenvalue weighted by Gasteiger charge is 2.31. The monoisotopic (exact) mass is 299 g/mol. The zero-order valence-corrected chi connectivity index (χ0v) is 12.6. The Morgan fingerprint density at radius 2 is 2.00 bits per heavy atom. The molecule has 5 nitrogen and oxygen atoms in total. The van der Waals surface area contributed by atoms with Gasteiger partial charge in [-0.25, -0.2) is 4.79 Å². The van der Waals surface area contributed by atoms with Crippen molar-refractivity contribution in [1.29, 1.82) is 0 Å². The van der Waals surface area contributed by atoms with Crippen LogP contribution in [0.4, 0.5) is 10.5 Å². The van der Waals surface area contributed by atoms with Crippen molar-refractivity contribution in [1.82, 2.24) is 10.6 Å². The molecule has 1 heterocycles. The highest BCUT2D eigenvalue weighted by Crippen LogP contribution is 2.14. The molecule has 0 saturated carbocycles. The fraction of sp³-hybridized carbons (Fsp3) is 0.500. The summed E-state index contributed by atoms with van der Waals surface area (Å²) in [7, 11) is 0. The van der Waals surface area contributed by atoms with E-state index in [-0.39, 0.29) is 25.0 Å². The lowest BCUT2D eigenvalue weighted by Crippen LogP contribution is -2.45. The van der Waals surface area contributed by atoms with Gasteiger partial charge in [-0.3, -0.25) is 0 Å². The first-order valence-corrected chi connectivity index (χ1v) is 6.53. The largest absolute Gasteiger partial charge is 0.387 e. The molecule has 1 saturated heterocycles. The van der Waals surface area contributed by atoms with Crippen LogP contribution in [0.3, 0.4) is 0 Å². The fourth-order valence-electron chi connectivity index (χ4n) is 2.35. The summed E-state index contributed by atoms with van der Waals surface area (Å²) in [5, 5.41) is 18.7. The van der Waals surface area contributed by atoms with E-state index in [0.29, 0.717) is 13.0 Å². The molecule has 4 N–H and O–H groups in total. The quantitative estimate of drug-likeness (QED) is 0.684. The second kappa shape index (κ2) is 6.92. The summed E-state index contributed by atoms with van der Waals surface area (Å²) in [6.07, 6.45) is 0.664. The third-order valence-electron chi connectivity index (χ3n) is 3.28. The minimum absolute atomic E-state index is 0. The molecule has 0 aromatic heterocycles. The second-order valence-corrected chi connectivity index (χ2v) is 5.34. The average molecular weight is 300 g/mol.